The van der Waals surface area contributed by atoms with Gasteiger partial charge in [0.05, 0.1) is 13.2 Å². The standard InChI is InChI=1S/C8H12O4.C5H2F6O2/c1-3-11-7(9)5-6-8(10)12-4-2;6-1-2(12)4(7,8)3(13)5(9,10)11/h5-6H,3-4H2,1-2H3;1H2/b6-5-;. The van der Waals surface area contributed by atoms with Crippen molar-refractivity contribution >= 4 is 23.5 Å². The fourth-order valence-electron chi connectivity index (χ4n) is 0.905. The van der Waals surface area contributed by atoms with E-state index in [9.17, 15) is 45.5 Å². The Morgan fingerprint density at radius 3 is 1.44 bits per heavy atom. The molecule has 6 nitrogen and oxygen atoms in total. The first kappa shape index (κ1) is 24.8. The molecule has 0 aliphatic heterocycles. The predicted molar refractivity (Wildman–Crippen MR) is 69.4 cm³/mol. The molecule has 0 fully saturated rings. The van der Waals surface area contributed by atoms with Crippen LogP contribution in [0.25, 0.3) is 0 Å². The summed E-state index contributed by atoms with van der Waals surface area (Å²) in [4.78, 5) is 41.0. The number of ether oxygens (including phenoxy) is 2. The van der Waals surface area contributed by atoms with Crippen LogP contribution in [0.2, 0.25) is 0 Å². The van der Waals surface area contributed by atoms with Gasteiger partial charge in [-0.05, 0) is 13.8 Å². The van der Waals surface area contributed by atoms with Crippen molar-refractivity contribution in [3.05, 3.63) is 12.2 Å². The van der Waals surface area contributed by atoms with Gasteiger partial charge in [0.15, 0.2) is 6.67 Å². The quantitative estimate of drug-likeness (QED) is 0.291. The summed E-state index contributed by atoms with van der Waals surface area (Å²) in [6, 6.07) is 0. The molecule has 0 aromatic carbocycles. The Balaban J connectivity index is 0. The molecule has 0 unspecified atom stereocenters. The molecule has 0 saturated carbocycles. The average Bonchev–Trinajstić information content (AvgIpc) is 2.51. The van der Waals surface area contributed by atoms with Crippen molar-refractivity contribution in [3.8, 4) is 0 Å². The summed E-state index contributed by atoms with van der Waals surface area (Å²) < 4.78 is 78.5. The highest BCUT2D eigenvalue weighted by Gasteiger charge is 2.59. The summed E-state index contributed by atoms with van der Waals surface area (Å²) >= 11 is 0. The van der Waals surface area contributed by atoms with Gasteiger partial charge in [0.25, 0.3) is 0 Å². The molecule has 0 radical (unpaired) electrons. The number of esters is 2. The van der Waals surface area contributed by atoms with Crippen molar-refractivity contribution in [1.82, 2.24) is 0 Å². The van der Waals surface area contributed by atoms with Crippen molar-refractivity contribution in [1.29, 1.82) is 0 Å². The molecule has 12 heteroatoms. The van der Waals surface area contributed by atoms with E-state index >= 15 is 0 Å². The smallest absolute Gasteiger partial charge is 0.456 e. The monoisotopic (exact) mass is 380 g/mol. The van der Waals surface area contributed by atoms with Gasteiger partial charge in [-0.15, -0.1) is 0 Å². The van der Waals surface area contributed by atoms with Crippen LogP contribution < -0.4 is 0 Å². The maximum Gasteiger partial charge on any atom is 0.456 e. The summed E-state index contributed by atoms with van der Waals surface area (Å²) in [5.74, 6) is -12.7. The largest absolute Gasteiger partial charge is 0.463 e. The lowest BCUT2D eigenvalue weighted by Crippen LogP contribution is -2.46. The molecule has 0 aromatic rings. The van der Waals surface area contributed by atoms with Gasteiger partial charge in [-0.25, -0.2) is 14.0 Å². The first-order valence-corrected chi connectivity index (χ1v) is 6.44. The lowest BCUT2D eigenvalue weighted by atomic mass is 10.1. The van der Waals surface area contributed by atoms with E-state index in [2.05, 4.69) is 9.47 Å². The Morgan fingerprint density at radius 1 is 0.840 bits per heavy atom. The molecular formula is C13H14F6O6. The number of rotatable bonds is 7. The lowest BCUT2D eigenvalue weighted by Gasteiger charge is -2.13. The van der Waals surface area contributed by atoms with Crippen molar-refractivity contribution in [3.63, 3.8) is 0 Å². The number of alkyl halides is 6. The Labute approximate surface area is 137 Å². The first-order chi connectivity index (χ1) is 11.3. The van der Waals surface area contributed by atoms with Crippen LogP contribution in [0.15, 0.2) is 12.2 Å². The summed E-state index contributed by atoms with van der Waals surface area (Å²) in [6.45, 7) is 1.65. The normalized spacial score (nSPS) is 11.4. The number of hydrogen-bond donors (Lipinski definition) is 0. The fraction of sp³-hybridized carbons (Fsp3) is 0.538. The number of hydrogen-bond acceptors (Lipinski definition) is 6. The van der Waals surface area contributed by atoms with Crippen LogP contribution in [0.4, 0.5) is 26.3 Å². The third-order valence-electron chi connectivity index (χ3n) is 1.94. The molecule has 0 bridgehead atoms. The number of Topliss-reactive ketones (excluding diaryl/α,β-unsaturated/α-hetero) is 2. The SMILES string of the molecule is CCOC(=O)/C=C\C(=O)OCC.O=C(CF)C(F)(F)C(=O)C(F)(F)F. The highest BCUT2D eigenvalue weighted by molar-refractivity contribution is 6.11. The van der Waals surface area contributed by atoms with E-state index in [4.69, 9.17) is 0 Å². The summed E-state index contributed by atoms with van der Waals surface area (Å²) in [5.41, 5.74) is 0. The lowest BCUT2D eigenvalue weighted by molar-refractivity contribution is -0.196. The van der Waals surface area contributed by atoms with Crippen molar-refractivity contribution in [2.45, 2.75) is 25.9 Å². The van der Waals surface area contributed by atoms with Gasteiger partial charge < -0.3 is 9.47 Å². The molecule has 144 valence electrons. The molecule has 25 heavy (non-hydrogen) atoms. The molecule has 0 rings (SSSR count). The van der Waals surface area contributed by atoms with Crippen LogP contribution in [-0.2, 0) is 28.7 Å². The van der Waals surface area contributed by atoms with Crippen LogP contribution in [-0.4, -0.2) is 55.5 Å². The molecule has 0 amide bonds. The van der Waals surface area contributed by atoms with Gasteiger partial charge >= 0.3 is 29.8 Å². The predicted octanol–water partition coefficient (Wildman–Crippen LogP) is 1.96. The Morgan fingerprint density at radius 2 is 1.20 bits per heavy atom. The summed E-state index contributed by atoms with van der Waals surface area (Å²) in [5, 5.41) is 0. The third-order valence-corrected chi connectivity index (χ3v) is 1.94. The fourth-order valence-corrected chi connectivity index (χ4v) is 0.905. The molecule has 0 heterocycles. The minimum atomic E-state index is -5.85. The zero-order valence-corrected chi connectivity index (χ0v) is 13.0. The van der Waals surface area contributed by atoms with E-state index in [-0.39, 0.29) is 0 Å². The Hall–Kier alpha value is -2.40. The second kappa shape index (κ2) is 11.2. The summed E-state index contributed by atoms with van der Waals surface area (Å²) in [6.07, 6.45) is -3.77. The maximum atomic E-state index is 12.0. The van der Waals surface area contributed by atoms with Gasteiger partial charge in [-0.2, -0.15) is 22.0 Å². The molecule has 0 saturated heterocycles. The summed E-state index contributed by atoms with van der Waals surface area (Å²) in [7, 11) is 0. The second-order valence-electron chi connectivity index (χ2n) is 3.80. The van der Waals surface area contributed by atoms with Crippen LogP contribution in [0.5, 0.6) is 0 Å². The average molecular weight is 380 g/mol. The van der Waals surface area contributed by atoms with Gasteiger partial charge in [0, 0.05) is 12.2 Å². The Kier molecular flexibility index (Phi) is 11.1. The first-order valence-electron chi connectivity index (χ1n) is 6.44. The number of carbonyl (C=O) groups is 4. The van der Waals surface area contributed by atoms with Crippen LogP contribution in [0, 0.1) is 0 Å². The van der Waals surface area contributed by atoms with E-state index < -0.39 is 42.3 Å². The van der Waals surface area contributed by atoms with E-state index in [1.165, 1.54) is 0 Å². The van der Waals surface area contributed by atoms with Crippen molar-refractivity contribution in [2.75, 3.05) is 19.9 Å². The van der Waals surface area contributed by atoms with E-state index in [1.54, 1.807) is 13.8 Å². The zero-order chi connectivity index (χ0) is 20.3. The molecule has 0 N–H and O–H groups in total. The maximum absolute atomic E-state index is 12.0. The number of carbonyl (C=O) groups excluding carboxylic acids is 4. The minimum absolute atomic E-state index is 0.298. The van der Waals surface area contributed by atoms with Crippen LogP contribution >= 0.6 is 0 Å². The van der Waals surface area contributed by atoms with Crippen LogP contribution in [0.1, 0.15) is 13.8 Å². The topological polar surface area (TPSA) is 86.7 Å². The van der Waals surface area contributed by atoms with Gasteiger partial charge in [0.1, 0.15) is 0 Å². The number of ketones is 2. The van der Waals surface area contributed by atoms with Gasteiger partial charge in [-0.3, -0.25) is 9.59 Å². The second-order valence-corrected chi connectivity index (χ2v) is 3.80. The zero-order valence-electron chi connectivity index (χ0n) is 13.0. The highest BCUT2D eigenvalue weighted by atomic mass is 19.4. The molecule has 0 aliphatic rings. The van der Waals surface area contributed by atoms with E-state index in [0.29, 0.717) is 13.2 Å². The van der Waals surface area contributed by atoms with E-state index in [1.807, 2.05) is 0 Å². The van der Waals surface area contributed by atoms with E-state index in [0.717, 1.165) is 12.2 Å². The number of halogens is 6. The van der Waals surface area contributed by atoms with Crippen molar-refractivity contribution < 1.29 is 55.0 Å². The molecule has 0 spiro atoms. The Bertz CT molecular complexity index is 492. The third kappa shape index (κ3) is 10.1. The molecule has 0 atom stereocenters. The molecular weight excluding hydrogens is 366 g/mol. The molecule has 0 aromatic heterocycles. The molecule has 0 aliphatic carbocycles. The van der Waals surface area contributed by atoms with Crippen molar-refractivity contribution in [2.24, 2.45) is 0 Å². The van der Waals surface area contributed by atoms with Crippen LogP contribution in [0.3, 0.4) is 0 Å². The highest BCUT2D eigenvalue weighted by Crippen LogP contribution is 2.28. The minimum Gasteiger partial charge on any atom is -0.463 e. The van der Waals surface area contributed by atoms with Gasteiger partial charge in [-0.1, -0.05) is 0 Å². The van der Waals surface area contributed by atoms with Gasteiger partial charge in [0.2, 0.25) is 5.78 Å².